The highest BCUT2D eigenvalue weighted by molar-refractivity contribution is 7.86. The SMILES string of the molecule is O=S(=O)(O[C@H](CC/C=C/CO)COc1ccc(F)cc1)c1ccccc1. The zero-order valence-corrected chi connectivity index (χ0v) is 14.9. The Morgan fingerprint density at radius 1 is 1.04 bits per heavy atom. The van der Waals surface area contributed by atoms with Gasteiger partial charge in [0.15, 0.2) is 0 Å². The van der Waals surface area contributed by atoms with E-state index >= 15 is 0 Å². The van der Waals surface area contributed by atoms with E-state index in [1.54, 1.807) is 30.4 Å². The van der Waals surface area contributed by atoms with Gasteiger partial charge in [-0.1, -0.05) is 30.4 Å². The fraction of sp³-hybridized carbons (Fsp3) is 0.263. The van der Waals surface area contributed by atoms with Crippen LogP contribution in [0.2, 0.25) is 0 Å². The monoisotopic (exact) mass is 380 g/mol. The molecule has 2 rings (SSSR count). The maximum absolute atomic E-state index is 12.9. The summed E-state index contributed by atoms with van der Waals surface area (Å²) in [5.41, 5.74) is 0. The predicted molar refractivity (Wildman–Crippen MR) is 95.9 cm³/mol. The molecule has 2 aromatic rings. The third-order valence-electron chi connectivity index (χ3n) is 3.47. The molecule has 2 aromatic carbocycles. The molecule has 7 heteroatoms. The van der Waals surface area contributed by atoms with Crippen molar-refractivity contribution in [2.24, 2.45) is 0 Å². The summed E-state index contributed by atoms with van der Waals surface area (Å²) < 4.78 is 48.6. The van der Waals surface area contributed by atoms with Crippen molar-refractivity contribution in [3.63, 3.8) is 0 Å². The summed E-state index contributed by atoms with van der Waals surface area (Å²) in [6, 6.07) is 13.3. The van der Waals surface area contributed by atoms with Crippen molar-refractivity contribution < 1.29 is 26.8 Å². The van der Waals surface area contributed by atoms with Gasteiger partial charge in [0.25, 0.3) is 10.1 Å². The van der Waals surface area contributed by atoms with Gasteiger partial charge >= 0.3 is 0 Å². The zero-order valence-electron chi connectivity index (χ0n) is 14.1. The summed E-state index contributed by atoms with van der Waals surface area (Å²) in [5, 5.41) is 8.77. The lowest BCUT2D eigenvalue weighted by Gasteiger charge is -2.18. The molecule has 0 aliphatic heterocycles. The Labute approximate surface area is 152 Å². The second kappa shape index (κ2) is 10.1. The van der Waals surface area contributed by atoms with Crippen LogP contribution >= 0.6 is 0 Å². The molecule has 26 heavy (non-hydrogen) atoms. The van der Waals surface area contributed by atoms with Crippen LogP contribution in [0.1, 0.15) is 12.8 Å². The van der Waals surface area contributed by atoms with Crippen LogP contribution in [0.25, 0.3) is 0 Å². The van der Waals surface area contributed by atoms with E-state index in [9.17, 15) is 12.8 Å². The van der Waals surface area contributed by atoms with Crippen molar-refractivity contribution in [2.45, 2.75) is 23.8 Å². The summed E-state index contributed by atoms with van der Waals surface area (Å²) in [4.78, 5) is 0.0673. The lowest BCUT2D eigenvalue weighted by Crippen LogP contribution is -2.25. The van der Waals surface area contributed by atoms with E-state index < -0.39 is 16.2 Å². The first-order valence-electron chi connectivity index (χ1n) is 8.14. The molecule has 0 radical (unpaired) electrons. The van der Waals surface area contributed by atoms with Crippen molar-refractivity contribution in [3.05, 3.63) is 72.6 Å². The number of aliphatic hydroxyl groups is 1. The molecule has 0 aliphatic carbocycles. The molecular formula is C19H21FO5S. The summed E-state index contributed by atoms with van der Waals surface area (Å²) in [6.07, 6.45) is 3.48. The highest BCUT2D eigenvalue weighted by Gasteiger charge is 2.22. The van der Waals surface area contributed by atoms with Gasteiger partial charge in [-0.25, -0.2) is 4.39 Å². The first-order valence-corrected chi connectivity index (χ1v) is 9.54. The Morgan fingerprint density at radius 2 is 1.73 bits per heavy atom. The molecule has 0 unspecified atom stereocenters. The van der Waals surface area contributed by atoms with Crippen LogP contribution in [-0.4, -0.2) is 32.8 Å². The molecule has 0 bridgehead atoms. The number of aliphatic hydroxyl groups excluding tert-OH is 1. The van der Waals surface area contributed by atoms with Crippen LogP contribution in [0, 0.1) is 5.82 Å². The van der Waals surface area contributed by atoms with Crippen molar-refractivity contribution >= 4 is 10.1 Å². The van der Waals surface area contributed by atoms with Gasteiger partial charge in [-0.05, 0) is 49.2 Å². The molecule has 0 aliphatic rings. The molecule has 0 saturated carbocycles. The average Bonchev–Trinajstić information content (AvgIpc) is 2.65. The van der Waals surface area contributed by atoms with Crippen molar-refractivity contribution in [3.8, 4) is 5.75 Å². The first kappa shape index (κ1) is 20.1. The molecule has 0 saturated heterocycles. The zero-order chi connectivity index (χ0) is 18.8. The number of hydrogen-bond acceptors (Lipinski definition) is 5. The molecule has 1 atom stereocenters. The molecule has 1 N–H and O–H groups in total. The molecule has 0 aromatic heterocycles. The van der Waals surface area contributed by atoms with Crippen molar-refractivity contribution in [1.29, 1.82) is 0 Å². The number of hydrogen-bond donors (Lipinski definition) is 1. The van der Waals surface area contributed by atoms with E-state index in [1.807, 2.05) is 0 Å². The first-order chi connectivity index (χ1) is 12.5. The maximum atomic E-state index is 12.9. The molecular weight excluding hydrogens is 359 g/mol. The van der Waals surface area contributed by atoms with E-state index in [1.165, 1.54) is 36.4 Å². The minimum absolute atomic E-state index is 0.00926. The maximum Gasteiger partial charge on any atom is 0.297 e. The van der Waals surface area contributed by atoms with E-state index in [0.29, 0.717) is 18.6 Å². The summed E-state index contributed by atoms with van der Waals surface area (Å²) >= 11 is 0. The Hall–Kier alpha value is -2.22. The second-order valence-corrected chi connectivity index (χ2v) is 7.05. The summed E-state index contributed by atoms with van der Waals surface area (Å²) in [7, 11) is -3.93. The van der Waals surface area contributed by atoms with Gasteiger partial charge in [0.1, 0.15) is 24.3 Å². The van der Waals surface area contributed by atoms with Crippen LogP contribution in [0.4, 0.5) is 4.39 Å². The molecule has 0 spiro atoms. The number of halogens is 1. The lowest BCUT2D eigenvalue weighted by molar-refractivity contribution is 0.127. The quantitative estimate of drug-likeness (QED) is 0.506. The fourth-order valence-corrected chi connectivity index (χ4v) is 3.29. The molecule has 5 nitrogen and oxygen atoms in total. The Morgan fingerprint density at radius 3 is 2.38 bits per heavy atom. The molecule has 0 fully saturated rings. The minimum atomic E-state index is -3.93. The van der Waals surface area contributed by atoms with E-state index in [2.05, 4.69) is 0 Å². The Bertz CT molecular complexity index is 788. The van der Waals surface area contributed by atoms with Gasteiger partial charge < -0.3 is 9.84 Å². The van der Waals surface area contributed by atoms with Crippen molar-refractivity contribution in [2.75, 3.05) is 13.2 Å². The predicted octanol–water partition coefficient (Wildman–Crippen LogP) is 3.31. The van der Waals surface area contributed by atoms with Crippen LogP contribution in [-0.2, 0) is 14.3 Å². The minimum Gasteiger partial charge on any atom is -0.491 e. The van der Waals surface area contributed by atoms with E-state index in [4.69, 9.17) is 14.0 Å². The normalized spacial score (nSPS) is 13.0. The van der Waals surface area contributed by atoms with Crippen LogP contribution < -0.4 is 4.74 Å². The van der Waals surface area contributed by atoms with Crippen LogP contribution in [0.3, 0.4) is 0 Å². The number of allylic oxidation sites excluding steroid dienone is 1. The van der Waals surface area contributed by atoms with Gasteiger partial charge in [-0.2, -0.15) is 8.42 Å². The lowest BCUT2D eigenvalue weighted by atomic mass is 10.2. The average molecular weight is 380 g/mol. The number of rotatable bonds is 10. The van der Waals surface area contributed by atoms with Crippen LogP contribution in [0.5, 0.6) is 5.75 Å². The number of ether oxygens (including phenoxy) is 1. The highest BCUT2D eigenvalue weighted by atomic mass is 32.2. The van der Waals surface area contributed by atoms with Gasteiger partial charge in [0.05, 0.1) is 11.5 Å². The fourth-order valence-electron chi connectivity index (χ4n) is 2.18. The van der Waals surface area contributed by atoms with E-state index in [-0.39, 0.29) is 23.9 Å². The number of benzene rings is 2. The standard InChI is InChI=1S/C19H21FO5S/c20-16-10-12-17(13-11-16)24-15-18(7-3-2-6-14-21)25-26(22,23)19-8-4-1-5-9-19/h1-2,4-6,8-13,18,21H,3,7,14-15H2/b6-2+/t18-/m1/s1. The van der Waals surface area contributed by atoms with Crippen molar-refractivity contribution in [1.82, 2.24) is 0 Å². The highest BCUT2D eigenvalue weighted by Crippen LogP contribution is 2.18. The molecule has 0 amide bonds. The summed E-state index contributed by atoms with van der Waals surface area (Å²) in [6.45, 7) is -0.0927. The van der Waals surface area contributed by atoms with E-state index in [0.717, 1.165) is 0 Å². The smallest absolute Gasteiger partial charge is 0.297 e. The van der Waals surface area contributed by atoms with Gasteiger partial charge in [0, 0.05) is 0 Å². The largest absolute Gasteiger partial charge is 0.491 e. The second-order valence-electron chi connectivity index (χ2n) is 5.48. The van der Waals surface area contributed by atoms with Gasteiger partial charge in [0.2, 0.25) is 0 Å². The molecule has 140 valence electrons. The third-order valence-corrected chi connectivity index (χ3v) is 4.85. The molecule has 0 heterocycles. The van der Waals surface area contributed by atoms with Gasteiger partial charge in [-0.15, -0.1) is 0 Å². The summed E-state index contributed by atoms with van der Waals surface area (Å²) in [5.74, 6) is 0.0361. The topological polar surface area (TPSA) is 72.8 Å². The third kappa shape index (κ3) is 6.59. The Balaban J connectivity index is 2.04. The Kier molecular flexibility index (Phi) is 7.77. The van der Waals surface area contributed by atoms with Crippen LogP contribution in [0.15, 0.2) is 71.6 Å². The van der Waals surface area contributed by atoms with Gasteiger partial charge in [-0.3, -0.25) is 4.18 Å².